The molecule has 6 aromatic carbocycles. The largest absolute Gasteiger partial charge is 0.371 e. The van der Waals surface area contributed by atoms with Gasteiger partial charge in [-0.05, 0) is 41.1 Å². The second-order valence-electron chi connectivity index (χ2n) is 11.0. The van der Waals surface area contributed by atoms with Crippen LogP contribution in [0.1, 0.15) is 0 Å². The van der Waals surface area contributed by atoms with Crippen LogP contribution in [0.5, 0.6) is 0 Å². The van der Waals surface area contributed by atoms with Crippen molar-refractivity contribution in [3.05, 3.63) is 132 Å². The van der Waals surface area contributed by atoms with Crippen LogP contribution >= 0.6 is 22.7 Å². The highest BCUT2D eigenvalue weighted by Crippen LogP contribution is 2.48. The Kier molecular flexibility index (Phi) is 4.84. The average Bonchev–Trinajstić information content (AvgIpc) is 3.74. The van der Waals surface area contributed by atoms with Crippen LogP contribution in [-0.2, 0) is 0 Å². The molecular formula is C37H20N4OS2. The Morgan fingerprint density at radius 2 is 1.27 bits per heavy atom. The number of nitrogens with zero attached hydrogens (tertiary/aromatic N) is 4. The summed E-state index contributed by atoms with van der Waals surface area (Å²) >= 11 is 3.37. The zero-order valence-corrected chi connectivity index (χ0v) is 24.7. The van der Waals surface area contributed by atoms with E-state index >= 15 is 0 Å². The first-order chi connectivity index (χ1) is 21.7. The minimum absolute atomic E-state index is 0.475. The molecule has 5 nitrogen and oxygen atoms in total. The van der Waals surface area contributed by atoms with Gasteiger partial charge >= 0.3 is 5.69 Å². The van der Waals surface area contributed by atoms with Crippen LogP contribution in [0.25, 0.3) is 85.0 Å². The van der Waals surface area contributed by atoms with Gasteiger partial charge in [-0.3, -0.25) is 4.40 Å². The molecule has 0 aliphatic heterocycles. The Morgan fingerprint density at radius 1 is 0.568 bits per heavy atom. The van der Waals surface area contributed by atoms with Gasteiger partial charge < -0.3 is 4.57 Å². The minimum Gasteiger partial charge on any atom is -0.308 e. The molecule has 4 heterocycles. The molecule has 0 aliphatic rings. The molecule has 0 unspecified atom stereocenters. The molecule has 10 rings (SSSR count). The SMILES string of the molecule is O=c1nc(-c2ccccc2)n2c(n1)sc1ccc(-n3c4ccccc4c4c5ccccc5c5c6ccccc6sc5c43)cc12. The van der Waals surface area contributed by atoms with Crippen LogP contribution in [0.4, 0.5) is 0 Å². The van der Waals surface area contributed by atoms with Crippen LogP contribution in [0.15, 0.2) is 126 Å². The van der Waals surface area contributed by atoms with Crippen molar-refractivity contribution in [2.75, 3.05) is 0 Å². The Balaban J connectivity index is 1.40. The molecule has 7 heteroatoms. The van der Waals surface area contributed by atoms with E-state index in [0.717, 1.165) is 27.0 Å². The monoisotopic (exact) mass is 600 g/mol. The molecule has 0 saturated carbocycles. The predicted molar refractivity (Wildman–Crippen MR) is 185 cm³/mol. The van der Waals surface area contributed by atoms with Crippen molar-refractivity contribution in [1.82, 2.24) is 18.9 Å². The normalized spacial score (nSPS) is 12.2. The van der Waals surface area contributed by atoms with Crippen molar-refractivity contribution in [2.45, 2.75) is 0 Å². The molecule has 0 spiro atoms. The van der Waals surface area contributed by atoms with Gasteiger partial charge in [-0.2, -0.15) is 9.97 Å². The summed E-state index contributed by atoms with van der Waals surface area (Å²) in [6.45, 7) is 0. The third kappa shape index (κ3) is 3.20. The molecule has 0 atom stereocenters. The van der Waals surface area contributed by atoms with E-state index in [2.05, 4.69) is 106 Å². The molecule has 4 aromatic heterocycles. The van der Waals surface area contributed by atoms with Gasteiger partial charge in [0.2, 0.25) is 4.96 Å². The van der Waals surface area contributed by atoms with Crippen molar-refractivity contribution >= 4 is 90.6 Å². The lowest BCUT2D eigenvalue weighted by molar-refractivity contribution is 1.01. The van der Waals surface area contributed by atoms with E-state index < -0.39 is 5.69 Å². The zero-order valence-electron chi connectivity index (χ0n) is 23.1. The first kappa shape index (κ1) is 24.1. The van der Waals surface area contributed by atoms with E-state index in [4.69, 9.17) is 0 Å². The Bertz CT molecular complexity index is 2860. The summed E-state index contributed by atoms with van der Waals surface area (Å²) in [4.78, 5) is 21.9. The molecule has 44 heavy (non-hydrogen) atoms. The highest BCUT2D eigenvalue weighted by Gasteiger charge is 2.22. The molecule has 0 saturated heterocycles. The number of fused-ring (bicyclic) bond motifs is 13. The molecule has 0 amide bonds. The van der Waals surface area contributed by atoms with E-state index in [1.165, 1.54) is 58.6 Å². The van der Waals surface area contributed by atoms with Crippen LogP contribution in [0.3, 0.4) is 0 Å². The Labute approximate surface area is 257 Å². The topological polar surface area (TPSA) is 52.2 Å². The van der Waals surface area contributed by atoms with Gasteiger partial charge in [0.25, 0.3) is 0 Å². The quantitative estimate of drug-likeness (QED) is 0.199. The van der Waals surface area contributed by atoms with E-state index in [1.54, 1.807) is 0 Å². The van der Waals surface area contributed by atoms with Crippen LogP contribution < -0.4 is 5.69 Å². The molecule has 0 bridgehead atoms. The fourth-order valence-corrected chi connectivity index (χ4v) is 9.10. The van der Waals surface area contributed by atoms with Gasteiger partial charge in [0.1, 0.15) is 0 Å². The zero-order chi connectivity index (χ0) is 28.9. The molecule has 10 aromatic rings. The maximum atomic E-state index is 12.6. The first-order valence-electron chi connectivity index (χ1n) is 14.4. The Morgan fingerprint density at radius 3 is 2.11 bits per heavy atom. The number of aromatic nitrogens is 4. The number of thiazole rings is 1. The van der Waals surface area contributed by atoms with Gasteiger partial charge in [0.15, 0.2) is 5.82 Å². The van der Waals surface area contributed by atoms with Crippen molar-refractivity contribution in [1.29, 1.82) is 0 Å². The molecule has 0 N–H and O–H groups in total. The van der Waals surface area contributed by atoms with Gasteiger partial charge in [-0.1, -0.05) is 102 Å². The molecular weight excluding hydrogens is 581 g/mol. The van der Waals surface area contributed by atoms with Crippen LogP contribution in [0.2, 0.25) is 0 Å². The maximum Gasteiger partial charge on any atom is 0.371 e. The number of para-hydroxylation sites is 1. The summed E-state index contributed by atoms with van der Waals surface area (Å²) in [6, 6.07) is 42.7. The third-order valence-electron chi connectivity index (χ3n) is 8.62. The second kappa shape index (κ2) is 8.83. The summed E-state index contributed by atoms with van der Waals surface area (Å²) in [6.07, 6.45) is 0. The Hall–Kier alpha value is -5.37. The van der Waals surface area contributed by atoms with Crippen molar-refractivity contribution in [3.63, 3.8) is 0 Å². The van der Waals surface area contributed by atoms with Crippen LogP contribution in [0, 0.1) is 0 Å². The van der Waals surface area contributed by atoms with Gasteiger partial charge in [-0.15, -0.1) is 11.3 Å². The smallest absolute Gasteiger partial charge is 0.308 e. The molecule has 0 fully saturated rings. The lowest BCUT2D eigenvalue weighted by atomic mass is 9.99. The fraction of sp³-hybridized carbons (Fsp3) is 0. The minimum atomic E-state index is -0.475. The van der Waals surface area contributed by atoms with Gasteiger partial charge in [0, 0.05) is 37.5 Å². The summed E-state index contributed by atoms with van der Waals surface area (Å²) in [5, 5.41) is 7.62. The summed E-state index contributed by atoms with van der Waals surface area (Å²) < 4.78 is 8.05. The van der Waals surface area contributed by atoms with Crippen LogP contribution in [-0.4, -0.2) is 18.9 Å². The average molecular weight is 601 g/mol. The standard InChI is InChI=1S/C37H20N4OS2/c42-36-38-35(21-10-2-1-3-11-21)41-28-20-22(18-19-30(28)44-37(41)39-36)40-27-16-8-6-14-25(27)31-23-12-4-5-13-24(23)32-26-15-7-9-17-29(26)43-34(32)33(31)40/h1-20H. The summed E-state index contributed by atoms with van der Waals surface area (Å²) in [5.74, 6) is 0.601. The summed E-state index contributed by atoms with van der Waals surface area (Å²) in [5.41, 5.74) is 4.80. The lowest BCUT2D eigenvalue weighted by Gasteiger charge is -2.11. The van der Waals surface area contributed by atoms with E-state index in [-0.39, 0.29) is 0 Å². The molecule has 206 valence electrons. The number of benzene rings is 6. The number of hydrogen-bond donors (Lipinski definition) is 0. The van der Waals surface area contributed by atoms with Crippen molar-refractivity contribution in [3.8, 4) is 17.1 Å². The van der Waals surface area contributed by atoms with Crippen molar-refractivity contribution in [2.24, 2.45) is 0 Å². The number of thiophene rings is 1. The first-order valence-corrected chi connectivity index (χ1v) is 16.0. The van der Waals surface area contributed by atoms with Gasteiger partial charge in [-0.25, -0.2) is 4.79 Å². The second-order valence-corrected chi connectivity index (χ2v) is 13.1. The highest BCUT2D eigenvalue weighted by molar-refractivity contribution is 7.27. The number of rotatable bonds is 2. The summed E-state index contributed by atoms with van der Waals surface area (Å²) in [7, 11) is 0. The van der Waals surface area contributed by atoms with Crippen molar-refractivity contribution < 1.29 is 0 Å². The molecule has 0 aliphatic carbocycles. The lowest BCUT2D eigenvalue weighted by Crippen LogP contribution is -2.14. The van der Waals surface area contributed by atoms with E-state index in [1.807, 2.05) is 46.1 Å². The predicted octanol–water partition coefficient (Wildman–Crippen LogP) is 9.59. The molecule has 0 radical (unpaired) electrons. The third-order valence-corrected chi connectivity index (χ3v) is 10.8. The maximum absolute atomic E-state index is 12.6. The number of hydrogen-bond acceptors (Lipinski definition) is 5. The highest BCUT2D eigenvalue weighted by atomic mass is 32.1. The van der Waals surface area contributed by atoms with E-state index in [0.29, 0.717) is 10.8 Å². The van der Waals surface area contributed by atoms with E-state index in [9.17, 15) is 4.79 Å². The fourth-order valence-electron chi connectivity index (χ4n) is 6.85. The van der Waals surface area contributed by atoms with Gasteiger partial charge in [0.05, 0.1) is 25.9 Å².